The van der Waals surface area contributed by atoms with Crippen molar-refractivity contribution in [2.75, 3.05) is 20.2 Å². The van der Waals surface area contributed by atoms with Crippen LogP contribution in [0.2, 0.25) is 0 Å². The number of hydrogen-bond acceptors (Lipinski definition) is 3. The lowest BCUT2D eigenvalue weighted by Crippen LogP contribution is -2.48. The van der Waals surface area contributed by atoms with Crippen molar-refractivity contribution in [2.45, 2.75) is 31.3 Å². The molecular weight excluding hydrogens is 202 g/mol. The average molecular weight is 223 g/mol. The Morgan fingerprint density at radius 3 is 2.88 bits per heavy atom. The van der Waals surface area contributed by atoms with Gasteiger partial charge in [0.1, 0.15) is 5.82 Å². The maximum Gasteiger partial charge on any atom is 0.109 e. The van der Waals surface area contributed by atoms with Gasteiger partial charge in [0, 0.05) is 46.1 Å². The van der Waals surface area contributed by atoms with E-state index in [2.05, 4.69) is 14.9 Å². The molecule has 4 heteroatoms. The first kappa shape index (κ1) is 11.6. The first-order chi connectivity index (χ1) is 7.76. The normalized spacial score (nSPS) is 18.4. The van der Waals surface area contributed by atoms with Crippen LogP contribution >= 0.6 is 0 Å². The summed E-state index contributed by atoms with van der Waals surface area (Å²) < 4.78 is 7.62. The predicted molar refractivity (Wildman–Crippen MR) is 63.4 cm³/mol. The summed E-state index contributed by atoms with van der Waals surface area (Å²) in [5, 5.41) is 3.47. The van der Waals surface area contributed by atoms with E-state index in [4.69, 9.17) is 4.74 Å². The van der Waals surface area contributed by atoms with Gasteiger partial charge in [-0.1, -0.05) is 0 Å². The fourth-order valence-electron chi connectivity index (χ4n) is 2.18. The second-order valence-corrected chi connectivity index (χ2v) is 4.62. The summed E-state index contributed by atoms with van der Waals surface area (Å²) in [6, 6.07) is 0. The zero-order valence-electron chi connectivity index (χ0n) is 10.2. The van der Waals surface area contributed by atoms with Crippen LogP contribution < -0.4 is 5.32 Å². The number of imidazole rings is 1. The third-order valence-corrected chi connectivity index (χ3v) is 3.59. The first-order valence-corrected chi connectivity index (χ1v) is 5.98. The van der Waals surface area contributed by atoms with Crippen LogP contribution in [0.15, 0.2) is 12.4 Å². The van der Waals surface area contributed by atoms with Gasteiger partial charge in [0.15, 0.2) is 0 Å². The summed E-state index contributed by atoms with van der Waals surface area (Å²) in [6.07, 6.45) is 8.49. The van der Waals surface area contributed by atoms with Crippen molar-refractivity contribution in [1.82, 2.24) is 14.9 Å². The molecule has 2 rings (SSSR count). The van der Waals surface area contributed by atoms with Gasteiger partial charge in [-0.15, -0.1) is 0 Å². The van der Waals surface area contributed by atoms with Gasteiger partial charge in [0.25, 0.3) is 0 Å². The molecule has 0 saturated heterocycles. The molecule has 1 N–H and O–H groups in total. The highest BCUT2D eigenvalue weighted by Gasteiger charge is 2.36. The van der Waals surface area contributed by atoms with E-state index in [0.717, 1.165) is 25.3 Å². The number of hydrogen-bond donors (Lipinski definition) is 1. The number of nitrogens with zero attached hydrogens (tertiary/aromatic N) is 2. The summed E-state index contributed by atoms with van der Waals surface area (Å²) in [6.45, 7) is 1.93. The number of rotatable bonds is 6. The fraction of sp³-hybridized carbons (Fsp3) is 0.750. The highest BCUT2D eigenvalue weighted by atomic mass is 16.5. The molecule has 1 aromatic heterocycles. The van der Waals surface area contributed by atoms with Crippen molar-refractivity contribution in [1.29, 1.82) is 0 Å². The van der Waals surface area contributed by atoms with Crippen molar-refractivity contribution in [3.8, 4) is 0 Å². The Morgan fingerprint density at radius 1 is 1.56 bits per heavy atom. The third-order valence-electron chi connectivity index (χ3n) is 3.59. The summed E-state index contributed by atoms with van der Waals surface area (Å²) in [5.74, 6) is 1.13. The van der Waals surface area contributed by atoms with Crippen molar-refractivity contribution >= 4 is 0 Å². The second kappa shape index (κ2) is 4.97. The molecule has 1 fully saturated rings. The Bertz CT molecular complexity index is 325. The van der Waals surface area contributed by atoms with E-state index in [9.17, 15) is 0 Å². The van der Waals surface area contributed by atoms with Crippen molar-refractivity contribution in [2.24, 2.45) is 7.05 Å². The Kier molecular flexibility index (Phi) is 3.61. The van der Waals surface area contributed by atoms with Crippen LogP contribution in [0.5, 0.6) is 0 Å². The molecule has 1 aliphatic carbocycles. The number of aromatic nitrogens is 2. The lowest BCUT2D eigenvalue weighted by molar-refractivity contribution is -0.0691. The minimum absolute atomic E-state index is 0.127. The molecule has 0 unspecified atom stereocenters. The van der Waals surface area contributed by atoms with Gasteiger partial charge in [0.2, 0.25) is 0 Å². The lowest BCUT2D eigenvalue weighted by Gasteiger charge is -2.40. The molecule has 16 heavy (non-hydrogen) atoms. The van der Waals surface area contributed by atoms with Crippen LogP contribution in [0.4, 0.5) is 0 Å². The van der Waals surface area contributed by atoms with Gasteiger partial charge in [-0.25, -0.2) is 4.98 Å². The van der Waals surface area contributed by atoms with Gasteiger partial charge in [-0.05, 0) is 19.3 Å². The summed E-state index contributed by atoms with van der Waals surface area (Å²) >= 11 is 0. The summed E-state index contributed by atoms with van der Waals surface area (Å²) in [7, 11) is 3.85. The molecule has 1 aliphatic rings. The minimum atomic E-state index is 0.127. The summed E-state index contributed by atoms with van der Waals surface area (Å²) in [5.41, 5.74) is 0.127. The molecule has 0 aromatic carbocycles. The molecule has 0 aliphatic heterocycles. The van der Waals surface area contributed by atoms with Gasteiger partial charge >= 0.3 is 0 Å². The quantitative estimate of drug-likeness (QED) is 0.735. The standard InChI is InChI=1S/C12H21N3O/c1-15-9-8-14-11(15)4-7-13-10-12(16-2)5-3-6-12/h8-9,13H,3-7,10H2,1-2H3. The van der Waals surface area contributed by atoms with E-state index >= 15 is 0 Å². The van der Waals surface area contributed by atoms with E-state index in [1.165, 1.54) is 19.3 Å². The SMILES string of the molecule is COC1(CNCCc2nccn2C)CCC1. The van der Waals surface area contributed by atoms with Crippen LogP contribution in [0.3, 0.4) is 0 Å². The molecular formula is C12H21N3O. The van der Waals surface area contributed by atoms with E-state index in [1.807, 2.05) is 26.6 Å². The molecule has 0 spiro atoms. The molecule has 1 aromatic rings. The van der Waals surface area contributed by atoms with E-state index in [1.54, 1.807) is 0 Å². The van der Waals surface area contributed by atoms with Gasteiger partial charge in [0.05, 0.1) is 5.60 Å². The number of nitrogens with one attached hydrogen (secondary N) is 1. The maximum absolute atomic E-state index is 5.55. The van der Waals surface area contributed by atoms with Crippen LogP contribution in [0.1, 0.15) is 25.1 Å². The van der Waals surface area contributed by atoms with Gasteiger partial charge < -0.3 is 14.6 Å². The molecule has 0 radical (unpaired) electrons. The molecule has 4 nitrogen and oxygen atoms in total. The number of aryl methyl sites for hydroxylation is 1. The second-order valence-electron chi connectivity index (χ2n) is 4.62. The smallest absolute Gasteiger partial charge is 0.109 e. The van der Waals surface area contributed by atoms with Crippen LogP contribution in [-0.4, -0.2) is 35.4 Å². The van der Waals surface area contributed by atoms with Gasteiger partial charge in [-0.2, -0.15) is 0 Å². The Morgan fingerprint density at radius 2 is 2.38 bits per heavy atom. The topological polar surface area (TPSA) is 39.1 Å². The van der Waals surface area contributed by atoms with E-state index in [-0.39, 0.29) is 5.60 Å². The predicted octanol–water partition coefficient (Wildman–Crippen LogP) is 1.12. The Balaban J connectivity index is 1.67. The minimum Gasteiger partial charge on any atom is -0.377 e. The maximum atomic E-state index is 5.55. The lowest BCUT2D eigenvalue weighted by atomic mass is 9.80. The van der Waals surface area contributed by atoms with E-state index in [0.29, 0.717) is 0 Å². The zero-order valence-corrected chi connectivity index (χ0v) is 10.2. The van der Waals surface area contributed by atoms with Crippen molar-refractivity contribution in [3.63, 3.8) is 0 Å². The largest absolute Gasteiger partial charge is 0.377 e. The number of ether oxygens (including phenoxy) is 1. The highest BCUT2D eigenvalue weighted by molar-refractivity contribution is 4.94. The zero-order chi connectivity index (χ0) is 11.4. The monoisotopic (exact) mass is 223 g/mol. The Labute approximate surface area is 97.0 Å². The molecule has 0 amide bonds. The van der Waals surface area contributed by atoms with Gasteiger partial charge in [-0.3, -0.25) is 0 Å². The number of methoxy groups -OCH3 is 1. The van der Waals surface area contributed by atoms with Crippen molar-refractivity contribution < 1.29 is 4.74 Å². The first-order valence-electron chi connectivity index (χ1n) is 5.98. The Hall–Kier alpha value is -0.870. The molecule has 90 valence electrons. The molecule has 0 bridgehead atoms. The van der Waals surface area contributed by atoms with Crippen molar-refractivity contribution in [3.05, 3.63) is 18.2 Å². The molecule has 1 heterocycles. The summed E-state index contributed by atoms with van der Waals surface area (Å²) in [4.78, 5) is 4.30. The van der Waals surface area contributed by atoms with Crippen LogP contribution in [0, 0.1) is 0 Å². The molecule has 1 saturated carbocycles. The highest BCUT2D eigenvalue weighted by Crippen LogP contribution is 2.34. The van der Waals surface area contributed by atoms with E-state index < -0.39 is 0 Å². The molecule has 0 atom stereocenters. The fourth-order valence-corrected chi connectivity index (χ4v) is 2.18. The third kappa shape index (κ3) is 2.44. The van der Waals surface area contributed by atoms with Crippen LogP contribution in [-0.2, 0) is 18.2 Å². The average Bonchev–Trinajstić information content (AvgIpc) is 2.62. The van der Waals surface area contributed by atoms with Crippen LogP contribution in [0.25, 0.3) is 0 Å².